The Morgan fingerprint density at radius 3 is 2.50 bits per heavy atom. The second kappa shape index (κ2) is 5.87. The largest absolute Gasteiger partial charge is 0.359 e. The van der Waals surface area contributed by atoms with E-state index in [1.54, 1.807) is 0 Å². The minimum Gasteiger partial charge on any atom is -0.359 e. The van der Waals surface area contributed by atoms with Gasteiger partial charge in [-0.2, -0.15) is 0 Å². The first-order valence-electron chi connectivity index (χ1n) is 6.13. The maximum absolute atomic E-state index is 3.39. The molecule has 1 saturated heterocycles. The summed E-state index contributed by atoms with van der Waals surface area (Å²) < 4.78 is 0. The van der Waals surface area contributed by atoms with Crippen LogP contribution in [0.5, 0.6) is 0 Å². The van der Waals surface area contributed by atoms with Gasteiger partial charge < -0.3 is 10.2 Å². The zero-order valence-corrected chi connectivity index (χ0v) is 10.0. The van der Waals surface area contributed by atoms with Crippen molar-refractivity contribution in [1.82, 2.24) is 10.2 Å². The zero-order valence-electron chi connectivity index (χ0n) is 10.0. The van der Waals surface area contributed by atoms with Gasteiger partial charge in [0, 0.05) is 38.4 Å². The summed E-state index contributed by atoms with van der Waals surface area (Å²) in [5.41, 5.74) is 1.32. The molecule has 0 aromatic heterocycles. The Balaban J connectivity index is 1.94. The third kappa shape index (κ3) is 2.97. The molecule has 1 aliphatic rings. The van der Waals surface area contributed by atoms with E-state index in [0.717, 1.165) is 39.4 Å². The van der Waals surface area contributed by atoms with Gasteiger partial charge in [0.25, 0.3) is 0 Å². The molecule has 88 valence electrons. The number of hydrogen-bond acceptors (Lipinski definition) is 3. The normalized spacial score (nSPS) is 17.3. The fraction of sp³-hybridized carbons (Fsp3) is 0.538. The van der Waals surface area contributed by atoms with Crippen molar-refractivity contribution < 1.29 is 0 Å². The van der Waals surface area contributed by atoms with Crippen molar-refractivity contribution in [3.05, 3.63) is 30.3 Å². The summed E-state index contributed by atoms with van der Waals surface area (Å²) in [7, 11) is 0. The lowest BCUT2D eigenvalue weighted by molar-refractivity contribution is 0.241. The van der Waals surface area contributed by atoms with Crippen LogP contribution < -0.4 is 10.2 Å². The van der Waals surface area contributed by atoms with Crippen LogP contribution in [0, 0.1) is 0 Å². The number of piperazine rings is 1. The summed E-state index contributed by atoms with van der Waals surface area (Å²) in [4.78, 5) is 4.93. The molecule has 0 aliphatic carbocycles. The summed E-state index contributed by atoms with van der Waals surface area (Å²) in [6, 6.07) is 10.7. The van der Waals surface area contributed by atoms with E-state index < -0.39 is 0 Å². The molecule has 0 bridgehead atoms. The summed E-state index contributed by atoms with van der Waals surface area (Å²) in [6.45, 7) is 8.87. The third-order valence-corrected chi connectivity index (χ3v) is 3.08. The Morgan fingerprint density at radius 1 is 1.19 bits per heavy atom. The van der Waals surface area contributed by atoms with Gasteiger partial charge in [-0.15, -0.1) is 0 Å². The fourth-order valence-electron chi connectivity index (χ4n) is 2.10. The van der Waals surface area contributed by atoms with Gasteiger partial charge in [0.2, 0.25) is 0 Å². The lowest BCUT2D eigenvalue weighted by atomic mass is 10.3. The molecule has 0 saturated carbocycles. The number of para-hydroxylation sites is 1. The van der Waals surface area contributed by atoms with E-state index in [9.17, 15) is 0 Å². The second-order valence-corrected chi connectivity index (χ2v) is 4.20. The Kier molecular flexibility index (Phi) is 4.19. The van der Waals surface area contributed by atoms with Crippen LogP contribution in [-0.4, -0.2) is 44.3 Å². The molecule has 1 fully saturated rings. The Bertz CT molecular complexity index is 293. The first-order valence-corrected chi connectivity index (χ1v) is 6.13. The molecule has 3 nitrogen and oxygen atoms in total. The van der Waals surface area contributed by atoms with Crippen LogP contribution in [0.2, 0.25) is 0 Å². The van der Waals surface area contributed by atoms with Crippen LogP contribution in [0.25, 0.3) is 0 Å². The van der Waals surface area contributed by atoms with Crippen LogP contribution >= 0.6 is 0 Å². The molecule has 0 atom stereocenters. The zero-order chi connectivity index (χ0) is 11.2. The van der Waals surface area contributed by atoms with Gasteiger partial charge >= 0.3 is 0 Å². The highest BCUT2D eigenvalue weighted by molar-refractivity contribution is 5.45. The van der Waals surface area contributed by atoms with E-state index in [1.165, 1.54) is 5.69 Å². The molecule has 0 amide bonds. The van der Waals surface area contributed by atoms with Crippen molar-refractivity contribution in [3.63, 3.8) is 0 Å². The Labute approximate surface area is 98.0 Å². The highest BCUT2D eigenvalue weighted by Gasteiger charge is 2.12. The number of nitrogens with zero attached hydrogens (tertiary/aromatic N) is 2. The monoisotopic (exact) mass is 219 g/mol. The summed E-state index contributed by atoms with van der Waals surface area (Å²) in [5.74, 6) is 0. The number of benzene rings is 1. The van der Waals surface area contributed by atoms with Crippen LogP contribution in [-0.2, 0) is 0 Å². The Morgan fingerprint density at radius 2 is 1.88 bits per heavy atom. The second-order valence-electron chi connectivity index (χ2n) is 4.20. The lowest BCUT2D eigenvalue weighted by Crippen LogP contribution is -2.48. The van der Waals surface area contributed by atoms with Crippen molar-refractivity contribution in [1.29, 1.82) is 0 Å². The van der Waals surface area contributed by atoms with E-state index in [-0.39, 0.29) is 0 Å². The van der Waals surface area contributed by atoms with Gasteiger partial charge in [-0.25, -0.2) is 0 Å². The van der Waals surface area contributed by atoms with Crippen LogP contribution in [0.15, 0.2) is 30.3 Å². The number of hydrogen-bond donors (Lipinski definition) is 1. The van der Waals surface area contributed by atoms with Gasteiger partial charge in [-0.05, 0) is 19.1 Å². The third-order valence-electron chi connectivity index (χ3n) is 3.08. The number of rotatable bonds is 4. The highest BCUT2D eigenvalue weighted by Crippen LogP contribution is 2.13. The lowest BCUT2D eigenvalue weighted by Gasteiger charge is -2.33. The Hall–Kier alpha value is -1.06. The molecule has 0 unspecified atom stereocenters. The van der Waals surface area contributed by atoms with E-state index in [1.807, 2.05) is 0 Å². The van der Waals surface area contributed by atoms with E-state index >= 15 is 0 Å². The summed E-state index contributed by atoms with van der Waals surface area (Å²) in [6.07, 6.45) is 0. The number of nitrogens with one attached hydrogen (secondary N) is 1. The average Bonchev–Trinajstić information content (AvgIpc) is 2.38. The smallest absolute Gasteiger partial charge is 0.0707 e. The van der Waals surface area contributed by atoms with Crippen molar-refractivity contribution in [2.45, 2.75) is 6.92 Å². The van der Waals surface area contributed by atoms with Crippen molar-refractivity contribution in [2.75, 3.05) is 44.3 Å². The van der Waals surface area contributed by atoms with Gasteiger partial charge in [0.15, 0.2) is 0 Å². The van der Waals surface area contributed by atoms with Gasteiger partial charge in [-0.1, -0.05) is 18.2 Å². The molecule has 1 N–H and O–H groups in total. The minimum absolute atomic E-state index is 1.04. The standard InChI is InChI=1S/C13H21N3/c1-2-16(13-6-4-3-5-7-13)12-15-10-8-14-9-11-15/h3-7,14H,2,8-12H2,1H3. The van der Waals surface area contributed by atoms with Gasteiger partial charge in [-0.3, -0.25) is 4.90 Å². The molecular weight excluding hydrogens is 198 g/mol. The molecule has 16 heavy (non-hydrogen) atoms. The molecule has 1 heterocycles. The van der Waals surface area contributed by atoms with Crippen molar-refractivity contribution in [2.24, 2.45) is 0 Å². The molecule has 0 radical (unpaired) electrons. The molecule has 1 aromatic rings. The molecule has 1 aromatic carbocycles. The van der Waals surface area contributed by atoms with E-state index in [2.05, 4.69) is 52.4 Å². The SMILES string of the molecule is CCN(CN1CCNCC1)c1ccccc1. The first-order chi connectivity index (χ1) is 7.90. The van der Waals surface area contributed by atoms with E-state index in [0.29, 0.717) is 0 Å². The fourth-order valence-corrected chi connectivity index (χ4v) is 2.10. The maximum atomic E-state index is 3.39. The predicted molar refractivity (Wildman–Crippen MR) is 68.8 cm³/mol. The van der Waals surface area contributed by atoms with Crippen LogP contribution in [0.3, 0.4) is 0 Å². The molecule has 2 rings (SSSR count). The summed E-state index contributed by atoms with van der Waals surface area (Å²) >= 11 is 0. The maximum Gasteiger partial charge on any atom is 0.0707 e. The van der Waals surface area contributed by atoms with Gasteiger partial charge in [0.05, 0.1) is 6.67 Å². The van der Waals surface area contributed by atoms with E-state index in [4.69, 9.17) is 0 Å². The molecule has 3 heteroatoms. The predicted octanol–water partition coefficient (Wildman–Crippen LogP) is 1.38. The van der Waals surface area contributed by atoms with Crippen LogP contribution in [0.4, 0.5) is 5.69 Å². The first kappa shape index (κ1) is 11.4. The average molecular weight is 219 g/mol. The minimum atomic E-state index is 1.04. The van der Waals surface area contributed by atoms with Gasteiger partial charge in [0.1, 0.15) is 0 Å². The van der Waals surface area contributed by atoms with Crippen molar-refractivity contribution >= 4 is 5.69 Å². The quantitative estimate of drug-likeness (QED) is 0.825. The van der Waals surface area contributed by atoms with Crippen molar-refractivity contribution in [3.8, 4) is 0 Å². The topological polar surface area (TPSA) is 18.5 Å². The molecular formula is C13H21N3. The number of anilines is 1. The highest BCUT2D eigenvalue weighted by atomic mass is 15.3. The molecule has 0 spiro atoms. The van der Waals surface area contributed by atoms with Crippen LogP contribution in [0.1, 0.15) is 6.92 Å². The molecule has 1 aliphatic heterocycles. The summed E-state index contributed by atoms with van der Waals surface area (Å²) in [5, 5.41) is 3.39.